The summed E-state index contributed by atoms with van der Waals surface area (Å²) < 4.78 is 4.96. The highest BCUT2D eigenvalue weighted by Crippen LogP contribution is 2.27. The van der Waals surface area contributed by atoms with Crippen LogP contribution in [0.4, 0.5) is 0 Å². The molecule has 0 spiro atoms. The number of nitrogens with one attached hydrogen (secondary N) is 1. The van der Waals surface area contributed by atoms with Crippen molar-refractivity contribution in [3.05, 3.63) is 23.8 Å². The van der Waals surface area contributed by atoms with Crippen LogP contribution in [0.15, 0.2) is 18.2 Å². The normalized spacial score (nSPS) is 21.7. The van der Waals surface area contributed by atoms with Crippen molar-refractivity contribution < 1.29 is 14.6 Å². The number of benzene rings is 1. The monoisotopic (exact) mass is 260 g/mol. The average molecular weight is 260 g/mol. The SMILES string of the molecule is COc1ccc(C(=O)NC2CCCC2C#N)c(O)c1. The summed E-state index contributed by atoms with van der Waals surface area (Å²) in [6.07, 6.45) is 2.56. The van der Waals surface area contributed by atoms with Crippen LogP contribution in [-0.4, -0.2) is 24.2 Å². The standard InChI is InChI=1S/C14H16N2O3/c1-19-10-5-6-11(13(17)7-10)14(18)16-12-4-2-3-9(12)8-15/h5-7,9,12,17H,2-4H2,1H3,(H,16,18). The molecule has 1 aromatic carbocycles. The van der Waals surface area contributed by atoms with E-state index in [9.17, 15) is 9.90 Å². The third-order valence-corrected chi connectivity index (χ3v) is 3.45. The van der Waals surface area contributed by atoms with Gasteiger partial charge in [0.1, 0.15) is 11.5 Å². The van der Waals surface area contributed by atoms with Gasteiger partial charge in [0, 0.05) is 12.1 Å². The van der Waals surface area contributed by atoms with Crippen molar-refractivity contribution >= 4 is 5.91 Å². The second kappa shape index (κ2) is 5.61. The van der Waals surface area contributed by atoms with Crippen molar-refractivity contribution in [2.75, 3.05) is 7.11 Å². The molecule has 0 aromatic heterocycles. The van der Waals surface area contributed by atoms with Gasteiger partial charge in [-0.05, 0) is 31.4 Å². The average Bonchev–Trinajstić information content (AvgIpc) is 2.85. The molecule has 0 heterocycles. The molecule has 19 heavy (non-hydrogen) atoms. The van der Waals surface area contributed by atoms with Crippen LogP contribution in [0.5, 0.6) is 11.5 Å². The van der Waals surface area contributed by atoms with E-state index in [4.69, 9.17) is 10.00 Å². The molecular weight excluding hydrogens is 244 g/mol. The maximum Gasteiger partial charge on any atom is 0.255 e. The maximum atomic E-state index is 12.1. The fourth-order valence-corrected chi connectivity index (χ4v) is 2.36. The second-order valence-electron chi connectivity index (χ2n) is 4.63. The van der Waals surface area contributed by atoms with E-state index in [0.29, 0.717) is 5.75 Å². The maximum absolute atomic E-state index is 12.1. The number of methoxy groups -OCH3 is 1. The Bertz CT molecular complexity index is 522. The first kappa shape index (κ1) is 13.2. The highest BCUT2D eigenvalue weighted by Gasteiger charge is 2.29. The van der Waals surface area contributed by atoms with E-state index >= 15 is 0 Å². The third-order valence-electron chi connectivity index (χ3n) is 3.45. The Hall–Kier alpha value is -2.22. The fourth-order valence-electron chi connectivity index (χ4n) is 2.36. The van der Waals surface area contributed by atoms with E-state index in [2.05, 4.69) is 11.4 Å². The highest BCUT2D eigenvalue weighted by atomic mass is 16.5. The Balaban J connectivity index is 2.10. The largest absolute Gasteiger partial charge is 0.507 e. The van der Waals surface area contributed by atoms with Crippen LogP contribution in [0.25, 0.3) is 0 Å². The molecule has 2 unspecified atom stereocenters. The topological polar surface area (TPSA) is 82.3 Å². The summed E-state index contributed by atoms with van der Waals surface area (Å²) in [6, 6.07) is 6.60. The molecule has 0 bridgehead atoms. The first-order valence-corrected chi connectivity index (χ1v) is 6.23. The first-order valence-electron chi connectivity index (χ1n) is 6.23. The van der Waals surface area contributed by atoms with E-state index in [1.807, 2.05) is 0 Å². The van der Waals surface area contributed by atoms with Crippen LogP contribution < -0.4 is 10.1 Å². The number of amides is 1. The minimum absolute atomic E-state index is 0.122. The Kier molecular flexibility index (Phi) is 3.91. The number of nitriles is 1. The predicted octanol–water partition coefficient (Wildman–Crippen LogP) is 1.82. The number of aromatic hydroxyl groups is 1. The Labute approximate surface area is 111 Å². The van der Waals surface area contributed by atoms with Gasteiger partial charge in [-0.15, -0.1) is 0 Å². The van der Waals surface area contributed by atoms with Gasteiger partial charge in [-0.25, -0.2) is 0 Å². The van der Waals surface area contributed by atoms with Crippen LogP contribution >= 0.6 is 0 Å². The number of hydrogen-bond donors (Lipinski definition) is 2. The van der Waals surface area contributed by atoms with Crippen molar-refractivity contribution in [1.82, 2.24) is 5.32 Å². The molecule has 2 N–H and O–H groups in total. The van der Waals surface area contributed by atoms with Gasteiger partial charge < -0.3 is 15.2 Å². The summed E-state index contributed by atoms with van der Waals surface area (Å²) in [6.45, 7) is 0. The molecule has 100 valence electrons. The number of rotatable bonds is 3. The summed E-state index contributed by atoms with van der Waals surface area (Å²) in [5.41, 5.74) is 0.199. The predicted molar refractivity (Wildman–Crippen MR) is 68.9 cm³/mol. The number of phenols is 1. The van der Waals surface area contributed by atoms with E-state index < -0.39 is 0 Å². The lowest BCUT2D eigenvalue weighted by atomic mass is 10.0. The zero-order valence-electron chi connectivity index (χ0n) is 10.7. The molecule has 5 heteroatoms. The Morgan fingerprint density at radius 1 is 1.53 bits per heavy atom. The Morgan fingerprint density at radius 2 is 2.32 bits per heavy atom. The van der Waals surface area contributed by atoms with Crippen molar-refractivity contribution in [2.24, 2.45) is 5.92 Å². The number of phenolic OH excluding ortho intramolecular Hbond substituents is 1. The molecule has 0 aliphatic heterocycles. The lowest BCUT2D eigenvalue weighted by molar-refractivity contribution is 0.0930. The van der Waals surface area contributed by atoms with Crippen LogP contribution in [-0.2, 0) is 0 Å². The third kappa shape index (κ3) is 2.79. The zero-order chi connectivity index (χ0) is 13.8. The molecule has 1 amide bonds. The summed E-state index contributed by atoms with van der Waals surface area (Å²) in [7, 11) is 1.49. The van der Waals surface area contributed by atoms with Crippen molar-refractivity contribution in [3.63, 3.8) is 0 Å². The van der Waals surface area contributed by atoms with Crippen molar-refractivity contribution in [1.29, 1.82) is 5.26 Å². The number of hydrogen-bond acceptors (Lipinski definition) is 4. The Morgan fingerprint density at radius 3 is 2.95 bits per heavy atom. The molecule has 1 fully saturated rings. The molecule has 1 aliphatic rings. The van der Waals surface area contributed by atoms with E-state index in [1.54, 1.807) is 6.07 Å². The van der Waals surface area contributed by atoms with Gasteiger partial charge in [-0.2, -0.15) is 5.26 Å². The molecule has 0 saturated heterocycles. The van der Waals surface area contributed by atoms with E-state index in [1.165, 1.54) is 19.2 Å². The summed E-state index contributed by atoms with van der Waals surface area (Å²) in [4.78, 5) is 12.1. The van der Waals surface area contributed by atoms with Crippen LogP contribution in [0.3, 0.4) is 0 Å². The summed E-state index contributed by atoms with van der Waals surface area (Å²) in [5.74, 6) is -0.121. The van der Waals surface area contributed by atoms with Crippen LogP contribution in [0, 0.1) is 17.2 Å². The summed E-state index contributed by atoms with van der Waals surface area (Å²) >= 11 is 0. The van der Waals surface area contributed by atoms with Gasteiger partial charge in [0.25, 0.3) is 5.91 Å². The molecule has 2 atom stereocenters. The van der Waals surface area contributed by atoms with Gasteiger partial charge in [-0.1, -0.05) is 0 Å². The van der Waals surface area contributed by atoms with E-state index in [-0.39, 0.29) is 29.2 Å². The zero-order valence-corrected chi connectivity index (χ0v) is 10.7. The van der Waals surface area contributed by atoms with Gasteiger partial charge >= 0.3 is 0 Å². The van der Waals surface area contributed by atoms with Crippen LogP contribution in [0.1, 0.15) is 29.6 Å². The van der Waals surface area contributed by atoms with Gasteiger partial charge in [0.05, 0.1) is 24.7 Å². The first-order chi connectivity index (χ1) is 9.15. The molecular formula is C14H16N2O3. The second-order valence-corrected chi connectivity index (χ2v) is 4.63. The molecule has 2 rings (SSSR count). The van der Waals surface area contributed by atoms with Gasteiger partial charge in [0.15, 0.2) is 0 Å². The lowest BCUT2D eigenvalue weighted by Gasteiger charge is -2.16. The number of carbonyl (C=O) groups excluding carboxylic acids is 1. The van der Waals surface area contributed by atoms with Crippen molar-refractivity contribution in [3.8, 4) is 17.6 Å². The molecule has 1 aromatic rings. The highest BCUT2D eigenvalue weighted by molar-refractivity contribution is 5.97. The minimum atomic E-state index is -0.354. The van der Waals surface area contributed by atoms with E-state index in [0.717, 1.165) is 19.3 Å². The van der Waals surface area contributed by atoms with Crippen molar-refractivity contribution in [2.45, 2.75) is 25.3 Å². The van der Waals surface area contributed by atoms with Gasteiger partial charge in [0.2, 0.25) is 0 Å². The quantitative estimate of drug-likeness (QED) is 0.868. The number of nitrogens with zero attached hydrogens (tertiary/aromatic N) is 1. The summed E-state index contributed by atoms with van der Waals surface area (Å²) in [5, 5.41) is 21.6. The fraction of sp³-hybridized carbons (Fsp3) is 0.429. The number of carbonyl (C=O) groups is 1. The molecule has 0 radical (unpaired) electrons. The van der Waals surface area contributed by atoms with Gasteiger partial charge in [-0.3, -0.25) is 4.79 Å². The molecule has 1 aliphatic carbocycles. The molecule has 1 saturated carbocycles. The van der Waals surface area contributed by atoms with Crippen LogP contribution in [0.2, 0.25) is 0 Å². The number of ether oxygens (including phenoxy) is 1. The molecule has 5 nitrogen and oxygen atoms in total. The lowest BCUT2D eigenvalue weighted by Crippen LogP contribution is -2.36. The minimum Gasteiger partial charge on any atom is -0.507 e. The smallest absolute Gasteiger partial charge is 0.255 e.